The van der Waals surface area contributed by atoms with Crippen LogP contribution in [0.2, 0.25) is 0 Å². The third-order valence-electron chi connectivity index (χ3n) is 4.21. The molecule has 2 fully saturated rings. The normalized spacial score (nSPS) is 33.1. The molecule has 0 saturated carbocycles. The van der Waals surface area contributed by atoms with Crippen molar-refractivity contribution in [3.63, 3.8) is 0 Å². The van der Waals surface area contributed by atoms with Crippen LogP contribution < -0.4 is 5.32 Å². The van der Waals surface area contributed by atoms with E-state index in [1.165, 1.54) is 13.0 Å². The van der Waals surface area contributed by atoms with Crippen LogP contribution in [0.5, 0.6) is 0 Å². The zero-order chi connectivity index (χ0) is 13.2. The van der Waals surface area contributed by atoms with Crippen LogP contribution in [0.25, 0.3) is 0 Å². The lowest BCUT2D eigenvalue weighted by Crippen LogP contribution is -2.42. The van der Waals surface area contributed by atoms with Gasteiger partial charge in [0.2, 0.25) is 0 Å². The average Bonchev–Trinajstić information content (AvgIpc) is 2.74. The molecule has 5 heteroatoms. The molecule has 106 valence electrons. The van der Waals surface area contributed by atoms with Gasteiger partial charge in [-0.3, -0.25) is 0 Å². The Morgan fingerprint density at radius 3 is 2.72 bits per heavy atom. The summed E-state index contributed by atoms with van der Waals surface area (Å²) in [5.41, 5.74) is 0. The zero-order valence-electron chi connectivity index (χ0n) is 11.6. The fourth-order valence-electron chi connectivity index (χ4n) is 3.02. The lowest BCUT2D eigenvalue weighted by molar-refractivity contribution is 0.262. The van der Waals surface area contributed by atoms with Crippen molar-refractivity contribution in [1.82, 2.24) is 10.2 Å². The van der Waals surface area contributed by atoms with E-state index in [4.69, 9.17) is 0 Å². The van der Waals surface area contributed by atoms with E-state index >= 15 is 0 Å². The number of likely N-dealkylation sites (tertiary alicyclic amines) is 1. The molecule has 2 saturated heterocycles. The molecule has 0 bridgehead atoms. The van der Waals surface area contributed by atoms with Crippen molar-refractivity contribution < 1.29 is 8.42 Å². The van der Waals surface area contributed by atoms with Gasteiger partial charge in [-0.25, -0.2) is 8.42 Å². The summed E-state index contributed by atoms with van der Waals surface area (Å²) in [5.74, 6) is 1.42. The molecule has 2 aliphatic rings. The molecule has 0 radical (unpaired) electrons. The molecular weight excluding hydrogens is 248 g/mol. The molecule has 2 heterocycles. The summed E-state index contributed by atoms with van der Waals surface area (Å²) < 4.78 is 23.1. The van der Waals surface area contributed by atoms with E-state index in [0.29, 0.717) is 23.5 Å². The number of hydrogen-bond acceptors (Lipinski definition) is 4. The van der Waals surface area contributed by atoms with Gasteiger partial charge in [0.1, 0.15) is 0 Å². The van der Waals surface area contributed by atoms with Crippen LogP contribution in [0.4, 0.5) is 0 Å². The molecule has 0 aromatic heterocycles. The minimum absolute atomic E-state index is 0.192. The number of nitrogens with one attached hydrogen (secondary N) is 1. The molecule has 2 unspecified atom stereocenters. The predicted octanol–water partition coefficient (Wildman–Crippen LogP) is 0.884. The second-order valence-corrected chi connectivity index (χ2v) is 8.33. The number of rotatable bonds is 4. The second-order valence-electron chi connectivity index (χ2n) is 6.11. The van der Waals surface area contributed by atoms with Gasteiger partial charge in [-0.15, -0.1) is 0 Å². The molecule has 2 atom stereocenters. The molecule has 2 aliphatic heterocycles. The fraction of sp³-hybridized carbons (Fsp3) is 1.00. The summed E-state index contributed by atoms with van der Waals surface area (Å²) in [6.07, 6.45) is 3.08. The Kier molecular flexibility index (Phi) is 4.67. The van der Waals surface area contributed by atoms with Crippen LogP contribution >= 0.6 is 0 Å². The Morgan fingerprint density at radius 1 is 1.33 bits per heavy atom. The van der Waals surface area contributed by atoms with Crippen LogP contribution in [0.3, 0.4) is 0 Å². The molecule has 0 spiro atoms. The zero-order valence-corrected chi connectivity index (χ0v) is 12.4. The van der Waals surface area contributed by atoms with Crippen molar-refractivity contribution in [3.8, 4) is 0 Å². The summed E-state index contributed by atoms with van der Waals surface area (Å²) in [6.45, 7) is 7.80. The van der Waals surface area contributed by atoms with Crippen LogP contribution in [-0.2, 0) is 9.84 Å². The molecule has 2 rings (SSSR count). The van der Waals surface area contributed by atoms with Crippen molar-refractivity contribution in [2.24, 2.45) is 5.92 Å². The van der Waals surface area contributed by atoms with Crippen LogP contribution in [0.1, 0.15) is 33.1 Å². The highest BCUT2D eigenvalue weighted by Crippen LogP contribution is 2.19. The fourth-order valence-corrected chi connectivity index (χ4v) is 4.69. The van der Waals surface area contributed by atoms with E-state index in [9.17, 15) is 8.42 Å². The van der Waals surface area contributed by atoms with Crippen LogP contribution in [-0.4, -0.2) is 56.5 Å². The molecule has 0 aromatic carbocycles. The maximum atomic E-state index is 11.6. The van der Waals surface area contributed by atoms with Crippen molar-refractivity contribution >= 4 is 9.84 Å². The van der Waals surface area contributed by atoms with Gasteiger partial charge in [0.05, 0.1) is 11.5 Å². The van der Waals surface area contributed by atoms with E-state index in [-0.39, 0.29) is 6.04 Å². The Bertz CT molecular complexity index is 367. The lowest BCUT2D eigenvalue weighted by atomic mass is 10.1. The van der Waals surface area contributed by atoms with Gasteiger partial charge in [-0.1, -0.05) is 0 Å². The van der Waals surface area contributed by atoms with Crippen molar-refractivity contribution in [2.75, 3.05) is 31.1 Å². The Morgan fingerprint density at radius 2 is 2.11 bits per heavy atom. The second kappa shape index (κ2) is 5.88. The van der Waals surface area contributed by atoms with Crippen LogP contribution in [0, 0.1) is 5.92 Å². The first-order valence-electron chi connectivity index (χ1n) is 7.14. The monoisotopic (exact) mass is 274 g/mol. The Balaban J connectivity index is 1.72. The van der Waals surface area contributed by atoms with E-state index in [2.05, 4.69) is 24.1 Å². The van der Waals surface area contributed by atoms with Gasteiger partial charge in [-0.2, -0.15) is 0 Å². The van der Waals surface area contributed by atoms with Gasteiger partial charge in [0.25, 0.3) is 0 Å². The van der Waals surface area contributed by atoms with Crippen molar-refractivity contribution in [3.05, 3.63) is 0 Å². The minimum Gasteiger partial charge on any atom is -0.313 e. The lowest BCUT2D eigenvalue weighted by Gasteiger charge is -2.25. The van der Waals surface area contributed by atoms with Crippen LogP contribution in [0.15, 0.2) is 0 Å². The van der Waals surface area contributed by atoms with E-state index < -0.39 is 9.84 Å². The van der Waals surface area contributed by atoms with Gasteiger partial charge in [0, 0.05) is 18.6 Å². The summed E-state index contributed by atoms with van der Waals surface area (Å²) in [7, 11) is -2.77. The highest BCUT2D eigenvalue weighted by Gasteiger charge is 2.27. The first kappa shape index (κ1) is 14.3. The summed E-state index contributed by atoms with van der Waals surface area (Å²) in [5, 5.41) is 3.47. The molecule has 18 heavy (non-hydrogen) atoms. The van der Waals surface area contributed by atoms with Crippen molar-refractivity contribution in [2.45, 2.75) is 45.2 Å². The molecule has 1 N–H and O–H groups in total. The third-order valence-corrected chi connectivity index (χ3v) is 6.03. The first-order valence-corrected chi connectivity index (χ1v) is 8.96. The summed E-state index contributed by atoms with van der Waals surface area (Å²) >= 11 is 0. The highest BCUT2D eigenvalue weighted by molar-refractivity contribution is 7.91. The predicted molar refractivity (Wildman–Crippen MR) is 74.5 cm³/mol. The van der Waals surface area contributed by atoms with Crippen molar-refractivity contribution in [1.29, 1.82) is 0 Å². The Hall–Kier alpha value is -0.130. The van der Waals surface area contributed by atoms with E-state index in [1.807, 2.05) is 0 Å². The van der Waals surface area contributed by atoms with Gasteiger partial charge < -0.3 is 10.2 Å². The standard InChI is InChI=1S/C13H26N2O2S/c1-11(2)15-6-5-12(9-15)8-14-13-4-3-7-18(16,17)10-13/h11-14H,3-10H2,1-2H3. The van der Waals surface area contributed by atoms with Gasteiger partial charge in [0.15, 0.2) is 9.84 Å². The average molecular weight is 274 g/mol. The molecule has 0 amide bonds. The van der Waals surface area contributed by atoms with E-state index in [1.54, 1.807) is 0 Å². The van der Waals surface area contributed by atoms with E-state index in [0.717, 1.165) is 25.9 Å². The molecule has 0 aliphatic carbocycles. The third kappa shape index (κ3) is 3.93. The topological polar surface area (TPSA) is 49.4 Å². The number of nitrogens with zero attached hydrogens (tertiary/aromatic N) is 1. The summed E-state index contributed by atoms with van der Waals surface area (Å²) in [4.78, 5) is 2.50. The number of hydrogen-bond donors (Lipinski definition) is 1. The Labute approximate surface area is 111 Å². The van der Waals surface area contributed by atoms with Gasteiger partial charge >= 0.3 is 0 Å². The molecular formula is C13H26N2O2S. The van der Waals surface area contributed by atoms with Gasteiger partial charge in [-0.05, 0) is 52.1 Å². The SMILES string of the molecule is CC(C)N1CCC(CNC2CCCS(=O)(=O)C2)C1. The minimum atomic E-state index is -2.77. The highest BCUT2D eigenvalue weighted by atomic mass is 32.2. The maximum absolute atomic E-state index is 11.6. The first-order chi connectivity index (χ1) is 8.46. The summed E-state index contributed by atoms with van der Waals surface area (Å²) in [6, 6.07) is 0.821. The quantitative estimate of drug-likeness (QED) is 0.827. The smallest absolute Gasteiger partial charge is 0.151 e. The number of sulfone groups is 1. The maximum Gasteiger partial charge on any atom is 0.151 e. The molecule has 4 nitrogen and oxygen atoms in total. The largest absolute Gasteiger partial charge is 0.313 e. The molecule has 0 aromatic rings.